The van der Waals surface area contributed by atoms with Crippen LogP contribution in [0.2, 0.25) is 0 Å². The van der Waals surface area contributed by atoms with Crippen LogP contribution < -0.4 is 10.1 Å². The molecule has 0 radical (unpaired) electrons. The summed E-state index contributed by atoms with van der Waals surface area (Å²) in [4.78, 5) is 26.6. The highest BCUT2D eigenvalue weighted by atomic mass is 16.5. The van der Waals surface area contributed by atoms with Crippen LogP contribution in [0.1, 0.15) is 36.5 Å². The maximum absolute atomic E-state index is 12.8. The Labute approximate surface area is 167 Å². The van der Waals surface area contributed by atoms with E-state index in [1.54, 1.807) is 18.9 Å². The Morgan fingerprint density at radius 2 is 1.57 bits per heavy atom. The van der Waals surface area contributed by atoms with Gasteiger partial charge >= 0.3 is 0 Å². The van der Waals surface area contributed by atoms with Crippen molar-refractivity contribution in [2.24, 2.45) is 0 Å². The third-order valence-corrected chi connectivity index (χ3v) is 4.71. The van der Waals surface area contributed by atoms with E-state index in [4.69, 9.17) is 4.74 Å². The predicted octanol–water partition coefficient (Wildman–Crippen LogP) is 3.63. The second kappa shape index (κ2) is 10.5. The van der Waals surface area contributed by atoms with Crippen LogP contribution >= 0.6 is 0 Å². The third-order valence-electron chi connectivity index (χ3n) is 4.71. The Hall–Kier alpha value is -2.82. The summed E-state index contributed by atoms with van der Waals surface area (Å²) in [7, 11) is 1.59. The van der Waals surface area contributed by atoms with E-state index in [9.17, 15) is 9.59 Å². The number of likely N-dealkylation sites (N-methyl/N-ethyl adjacent to an activating group) is 1. The van der Waals surface area contributed by atoms with Crippen LogP contribution in [0, 0.1) is 13.8 Å². The maximum atomic E-state index is 12.8. The number of ether oxygens (including phenoxy) is 1. The first-order valence-corrected chi connectivity index (χ1v) is 9.66. The van der Waals surface area contributed by atoms with Crippen LogP contribution in [0.15, 0.2) is 48.5 Å². The van der Waals surface area contributed by atoms with Gasteiger partial charge in [-0.2, -0.15) is 0 Å². The van der Waals surface area contributed by atoms with Gasteiger partial charge in [0.25, 0.3) is 0 Å². The molecule has 1 atom stereocenters. The zero-order chi connectivity index (χ0) is 20.5. The lowest BCUT2D eigenvalue weighted by molar-refractivity contribution is -0.140. The number of benzene rings is 2. The standard InChI is InChI=1S/C23H30N2O3/c1-17-7-11-20(12-8-17)16-25(19(3)23(27)24-4)22(26)6-5-15-28-21-13-9-18(2)10-14-21/h7-14,19H,5-6,15-16H2,1-4H3,(H,24,27). The average Bonchev–Trinajstić information content (AvgIpc) is 2.70. The molecule has 2 rings (SSSR count). The van der Waals surface area contributed by atoms with Crippen molar-refractivity contribution in [3.63, 3.8) is 0 Å². The van der Waals surface area contributed by atoms with Crippen LogP contribution in [-0.4, -0.2) is 36.4 Å². The highest BCUT2D eigenvalue weighted by Gasteiger charge is 2.25. The number of nitrogens with zero attached hydrogens (tertiary/aromatic N) is 1. The van der Waals surface area contributed by atoms with Gasteiger partial charge in [0, 0.05) is 20.0 Å². The fourth-order valence-electron chi connectivity index (χ4n) is 2.87. The lowest BCUT2D eigenvalue weighted by Gasteiger charge is -2.28. The molecule has 0 aliphatic carbocycles. The minimum atomic E-state index is -0.531. The van der Waals surface area contributed by atoms with Crippen molar-refractivity contribution in [3.05, 3.63) is 65.2 Å². The summed E-state index contributed by atoms with van der Waals surface area (Å²) in [6.07, 6.45) is 0.927. The molecule has 150 valence electrons. The van der Waals surface area contributed by atoms with Crippen LogP contribution in [0.3, 0.4) is 0 Å². The summed E-state index contributed by atoms with van der Waals surface area (Å²) in [5, 5.41) is 2.63. The van der Waals surface area contributed by atoms with Crippen LogP contribution in [-0.2, 0) is 16.1 Å². The number of hydrogen-bond acceptors (Lipinski definition) is 3. The van der Waals surface area contributed by atoms with Gasteiger partial charge in [0.1, 0.15) is 11.8 Å². The Bertz CT molecular complexity index is 769. The van der Waals surface area contributed by atoms with Gasteiger partial charge < -0.3 is 15.0 Å². The highest BCUT2D eigenvalue weighted by molar-refractivity contribution is 5.87. The van der Waals surface area contributed by atoms with Gasteiger partial charge in [-0.3, -0.25) is 9.59 Å². The molecule has 5 nitrogen and oxygen atoms in total. The monoisotopic (exact) mass is 382 g/mol. The molecule has 0 bridgehead atoms. The molecular formula is C23H30N2O3. The minimum Gasteiger partial charge on any atom is -0.494 e. The van der Waals surface area contributed by atoms with Gasteiger partial charge in [0.15, 0.2) is 0 Å². The first-order valence-electron chi connectivity index (χ1n) is 9.66. The first-order chi connectivity index (χ1) is 13.4. The first kappa shape index (κ1) is 21.5. The number of carbonyl (C=O) groups excluding carboxylic acids is 2. The Morgan fingerprint density at radius 3 is 2.14 bits per heavy atom. The summed E-state index contributed by atoms with van der Waals surface area (Å²) in [6.45, 7) is 6.67. The van der Waals surface area contributed by atoms with E-state index in [0.29, 0.717) is 26.0 Å². The molecule has 0 heterocycles. The van der Waals surface area contributed by atoms with Crippen molar-refractivity contribution in [1.82, 2.24) is 10.2 Å². The van der Waals surface area contributed by atoms with Gasteiger partial charge in [0.2, 0.25) is 11.8 Å². The van der Waals surface area contributed by atoms with Crippen LogP contribution in [0.5, 0.6) is 5.75 Å². The van der Waals surface area contributed by atoms with Gasteiger partial charge in [-0.05, 0) is 44.9 Å². The fourth-order valence-corrected chi connectivity index (χ4v) is 2.87. The Kier molecular flexibility index (Phi) is 8.05. The highest BCUT2D eigenvalue weighted by Crippen LogP contribution is 2.14. The molecule has 0 saturated carbocycles. The summed E-state index contributed by atoms with van der Waals surface area (Å²) in [6, 6.07) is 15.3. The fraction of sp³-hybridized carbons (Fsp3) is 0.391. The number of amides is 2. The van der Waals surface area contributed by atoms with E-state index in [1.165, 1.54) is 5.56 Å². The van der Waals surface area contributed by atoms with Crippen molar-refractivity contribution >= 4 is 11.8 Å². The smallest absolute Gasteiger partial charge is 0.242 e. The van der Waals surface area contributed by atoms with Crippen LogP contribution in [0.4, 0.5) is 0 Å². The van der Waals surface area contributed by atoms with E-state index in [1.807, 2.05) is 62.4 Å². The summed E-state index contributed by atoms with van der Waals surface area (Å²) in [5.41, 5.74) is 3.34. The zero-order valence-corrected chi connectivity index (χ0v) is 17.2. The number of rotatable bonds is 9. The predicted molar refractivity (Wildman–Crippen MR) is 111 cm³/mol. The van der Waals surface area contributed by atoms with Gasteiger partial charge in [-0.25, -0.2) is 0 Å². The number of carbonyl (C=O) groups is 2. The zero-order valence-electron chi connectivity index (χ0n) is 17.2. The van der Waals surface area contributed by atoms with Crippen LogP contribution in [0.25, 0.3) is 0 Å². The lowest BCUT2D eigenvalue weighted by atomic mass is 10.1. The second-order valence-corrected chi connectivity index (χ2v) is 7.06. The van der Waals surface area contributed by atoms with E-state index in [-0.39, 0.29) is 11.8 Å². The molecule has 0 spiro atoms. The molecule has 0 aliphatic rings. The lowest BCUT2D eigenvalue weighted by Crippen LogP contribution is -2.46. The molecule has 0 aromatic heterocycles. The van der Waals surface area contributed by atoms with Crippen molar-refractivity contribution in [2.75, 3.05) is 13.7 Å². The Balaban J connectivity index is 1.94. The number of aryl methyl sites for hydroxylation is 2. The molecule has 28 heavy (non-hydrogen) atoms. The molecule has 1 N–H and O–H groups in total. The summed E-state index contributed by atoms with van der Waals surface area (Å²) < 4.78 is 5.70. The average molecular weight is 383 g/mol. The largest absolute Gasteiger partial charge is 0.494 e. The van der Waals surface area contributed by atoms with E-state index < -0.39 is 6.04 Å². The van der Waals surface area contributed by atoms with Crippen molar-refractivity contribution < 1.29 is 14.3 Å². The Morgan fingerprint density at radius 1 is 1.00 bits per heavy atom. The van der Waals surface area contributed by atoms with E-state index in [2.05, 4.69) is 5.32 Å². The molecule has 1 unspecified atom stereocenters. The van der Waals surface area contributed by atoms with Crippen molar-refractivity contribution in [3.8, 4) is 5.75 Å². The van der Waals surface area contributed by atoms with E-state index >= 15 is 0 Å². The normalized spacial score (nSPS) is 11.6. The maximum Gasteiger partial charge on any atom is 0.242 e. The number of nitrogens with one attached hydrogen (secondary N) is 1. The molecule has 0 fully saturated rings. The topological polar surface area (TPSA) is 58.6 Å². The summed E-state index contributed by atoms with van der Waals surface area (Å²) >= 11 is 0. The molecule has 0 saturated heterocycles. The third kappa shape index (κ3) is 6.41. The quantitative estimate of drug-likeness (QED) is 0.674. The van der Waals surface area contributed by atoms with Gasteiger partial charge in [-0.1, -0.05) is 47.5 Å². The SMILES string of the molecule is CNC(=O)C(C)N(Cc1ccc(C)cc1)C(=O)CCCOc1ccc(C)cc1. The van der Waals surface area contributed by atoms with Gasteiger partial charge in [0.05, 0.1) is 6.61 Å². The molecule has 2 aromatic carbocycles. The molecule has 0 aliphatic heterocycles. The second-order valence-electron chi connectivity index (χ2n) is 7.06. The number of hydrogen-bond donors (Lipinski definition) is 1. The molecular weight excluding hydrogens is 352 g/mol. The van der Waals surface area contributed by atoms with Crippen molar-refractivity contribution in [1.29, 1.82) is 0 Å². The molecule has 2 aromatic rings. The molecule has 5 heteroatoms. The van der Waals surface area contributed by atoms with E-state index in [0.717, 1.165) is 16.9 Å². The molecule has 2 amide bonds. The van der Waals surface area contributed by atoms with Crippen molar-refractivity contribution in [2.45, 2.75) is 46.2 Å². The van der Waals surface area contributed by atoms with Gasteiger partial charge in [-0.15, -0.1) is 0 Å². The summed E-state index contributed by atoms with van der Waals surface area (Å²) in [5.74, 6) is 0.578. The minimum absolute atomic E-state index is 0.0517.